The molecule has 0 heterocycles. The maximum absolute atomic E-state index is 7.46. The van der Waals surface area contributed by atoms with Crippen LogP contribution < -0.4 is 16.2 Å². The fourth-order valence-electron chi connectivity index (χ4n) is 1.54. The molecule has 20 heavy (non-hydrogen) atoms. The van der Waals surface area contributed by atoms with E-state index in [1.165, 1.54) is 11.9 Å². The first kappa shape index (κ1) is 14.8. The lowest BCUT2D eigenvalue weighted by Crippen LogP contribution is -2.13. The van der Waals surface area contributed by atoms with Crippen molar-refractivity contribution in [2.45, 2.75) is 4.90 Å². The number of nitrogens with two attached hydrogens (primary N) is 2. The second-order valence-electron chi connectivity index (χ2n) is 3.97. The molecule has 0 atom stereocenters. The summed E-state index contributed by atoms with van der Waals surface area (Å²) in [5.74, 6) is -0.0769. The van der Waals surface area contributed by atoms with Gasteiger partial charge in [-0.1, -0.05) is 29.3 Å². The number of nitrogens with one attached hydrogen (secondary N) is 2. The Bertz CT molecular complexity index is 641. The molecule has 0 aliphatic heterocycles. The quantitative estimate of drug-likeness (QED) is 0.296. The van der Waals surface area contributed by atoms with Crippen LogP contribution in [0.3, 0.4) is 0 Å². The number of rotatable bonds is 4. The van der Waals surface area contributed by atoms with Gasteiger partial charge >= 0.3 is 0 Å². The Balaban J connectivity index is 2.19. The second kappa shape index (κ2) is 6.26. The summed E-state index contributed by atoms with van der Waals surface area (Å²) in [5.41, 5.74) is 12.9. The minimum atomic E-state index is -0.0769. The normalized spacial score (nSPS) is 10.3. The van der Waals surface area contributed by atoms with Crippen LogP contribution in [0.5, 0.6) is 0 Å². The van der Waals surface area contributed by atoms with E-state index in [2.05, 4.69) is 4.72 Å². The first-order chi connectivity index (χ1) is 9.49. The number of amidine groups is 1. The SMILES string of the molecule is N=C(N)c1cc(NSc2c(Cl)cccc2Cl)ccc1N. The van der Waals surface area contributed by atoms with Crippen molar-refractivity contribution in [2.24, 2.45) is 5.73 Å². The highest BCUT2D eigenvalue weighted by Gasteiger charge is 2.08. The standard InChI is InChI=1S/C13H12Cl2N4S/c14-9-2-1-3-10(15)12(9)20-19-7-4-5-11(16)8(6-7)13(17)18/h1-6,19H,16H2,(H3,17,18). The molecule has 2 aromatic carbocycles. The van der Waals surface area contributed by atoms with Gasteiger partial charge in [0.1, 0.15) is 5.84 Å². The number of nitrogen functional groups attached to an aromatic ring is 2. The van der Waals surface area contributed by atoms with Gasteiger partial charge in [-0.2, -0.15) is 0 Å². The second-order valence-corrected chi connectivity index (χ2v) is 5.60. The molecule has 0 spiro atoms. The molecular weight excluding hydrogens is 315 g/mol. The summed E-state index contributed by atoms with van der Waals surface area (Å²) in [7, 11) is 0. The Labute approximate surface area is 131 Å². The van der Waals surface area contributed by atoms with Gasteiger partial charge in [0.05, 0.1) is 14.9 Å². The topological polar surface area (TPSA) is 87.9 Å². The zero-order chi connectivity index (χ0) is 14.7. The molecule has 0 amide bonds. The third-order valence-corrected chi connectivity index (χ3v) is 4.37. The van der Waals surface area contributed by atoms with Crippen LogP contribution in [0.25, 0.3) is 0 Å². The lowest BCUT2D eigenvalue weighted by atomic mass is 10.1. The summed E-state index contributed by atoms with van der Waals surface area (Å²) in [4.78, 5) is 0.733. The van der Waals surface area contributed by atoms with Crippen molar-refractivity contribution in [3.8, 4) is 0 Å². The van der Waals surface area contributed by atoms with Crippen LogP contribution >= 0.6 is 35.1 Å². The van der Waals surface area contributed by atoms with Crippen LogP contribution in [0.15, 0.2) is 41.3 Å². The molecule has 2 rings (SSSR count). The average molecular weight is 327 g/mol. The van der Waals surface area contributed by atoms with E-state index in [9.17, 15) is 0 Å². The summed E-state index contributed by atoms with van der Waals surface area (Å²) in [6.45, 7) is 0. The van der Waals surface area contributed by atoms with Crippen molar-refractivity contribution in [1.82, 2.24) is 0 Å². The lowest BCUT2D eigenvalue weighted by molar-refractivity contribution is 1.42. The predicted octanol–water partition coefficient (Wildman–Crippen LogP) is 3.98. The van der Waals surface area contributed by atoms with E-state index in [-0.39, 0.29) is 5.84 Å². The van der Waals surface area contributed by atoms with Gasteiger partial charge in [0.2, 0.25) is 0 Å². The molecule has 0 bridgehead atoms. The number of benzene rings is 2. The van der Waals surface area contributed by atoms with Gasteiger partial charge in [0, 0.05) is 16.9 Å². The molecule has 0 fully saturated rings. The minimum absolute atomic E-state index is 0.0769. The van der Waals surface area contributed by atoms with E-state index in [1.54, 1.807) is 36.4 Å². The molecule has 0 aliphatic rings. The van der Waals surface area contributed by atoms with Gasteiger partial charge in [-0.25, -0.2) is 0 Å². The Kier molecular flexibility index (Phi) is 4.65. The zero-order valence-electron chi connectivity index (χ0n) is 10.3. The summed E-state index contributed by atoms with van der Waals surface area (Å²) in [6, 6.07) is 10.5. The predicted molar refractivity (Wildman–Crippen MR) is 87.8 cm³/mol. The van der Waals surface area contributed by atoms with Gasteiger partial charge in [0.15, 0.2) is 0 Å². The van der Waals surface area contributed by atoms with Gasteiger partial charge in [-0.05, 0) is 42.3 Å². The molecule has 6 N–H and O–H groups in total. The van der Waals surface area contributed by atoms with Crippen molar-refractivity contribution in [3.05, 3.63) is 52.0 Å². The summed E-state index contributed by atoms with van der Waals surface area (Å²) >= 11 is 13.5. The molecule has 0 aromatic heterocycles. The van der Waals surface area contributed by atoms with Crippen LogP contribution in [0.1, 0.15) is 5.56 Å². The minimum Gasteiger partial charge on any atom is -0.398 e. The Morgan fingerprint density at radius 2 is 1.80 bits per heavy atom. The van der Waals surface area contributed by atoms with E-state index in [4.69, 9.17) is 40.1 Å². The van der Waals surface area contributed by atoms with Crippen molar-refractivity contribution >= 4 is 52.4 Å². The van der Waals surface area contributed by atoms with Crippen LogP contribution in [0.4, 0.5) is 11.4 Å². The number of hydrogen-bond donors (Lipinski definition) is 4. The van der Waals surface area contributed by atoms with Crippen molar-refractivity contribution < 1.29 is 0 Å². The highest BCUT2D eigenvalue weighted by atomic mass is 35.5. The molecule has 4 nitrogen and oxygen atoms in total. The van der Waals surface area contributed by atoms with Crippen molar-refractivity contribution in [3.63, 3.8) is 0 Å². The van der Waals surface area contributed by atoms with E-state index in [0.29, 0.717) is 21.3 Å². The Morgan fingerprint density at radius 1 is 1.15 bits per heavy atom. The molecule has 7 heteroatoms. The van der Waals surface area contributed by atoms with E-state index in [0.717, 1.165) is 10.6 Å². The molecule has 0 unspecified atom stereocenters. The molecule has 0 saturated carbocycles. The fourth-order valence-corrected chi connectivity index (χ4v) is 2.85. The maximum atomic E-state index is 7.46. The average Bonchev–Trinajstić information content (AvgIpc) is 2.39. The van der Waals surface area contributed by atoms with Crippen LogP contribution in [0, 0.1) is 5.41 Å². The van der Waals surface area contributed by atoms with Gasteiger partial charge < -0.3 is 16.2 Å². The summed E-state index contributed by atoms with van der Waals surface area (Å²) < 4.78 is 3.11. The molecular formula is C13H12Cl2N4S. The number of anilines is 2. The van der Waals surface area contributed by atoms with Gasteiger partial charge in [-0.3, -0.25) is 5.41 Å². The van der Waals surface area contributed by atoms with Crippen LogP contribution in [-0.4, -0.2) is 5.84 Å². The molecule has 0 saturated heterocycles. The fraction of sp³-hybridized carbons (Fsp3) is 0. The Morgan fingerprint density at radius 3 is 2.40 bits per heavy atom. The highest BCUT2D eigenvalue weighted by Crippen LogP contribution is 2.34. The van der Waals surface area contributed by atoms with Gasteiger partial charge in [-0.15, -0.1) is 0 Å². The molecule has 0 aliphatic carbocycles. The summed E-state index contributed by atoms with van der Waals surface area (Å²) in [6.07, 6.45) is 0. The number of halogens is 2. The maximum Gasteiger partial charge on any atom is 0.124 e. The highest BCUT2D eigenvalue weighted by molar-refractivity contribution is 8.00. The zero-order valence-corrected chi connectivity index (χ0v) is 12.6. The van der Waals surface area contributed by atoms with Crippen LogP contribution in [0.2, 0.25) is 10.0 Å². The third kappa shape index (κ3) is 3.30. The first-order valence-electron chi connectivity index (χ1n) is 5.60. The van der Waals surface area contributed by atoms with E-state index >= 15 is 0 Å². The molecule has 2 aromatic rings. The third-order valence-electron chi connectivity index (χ3n) is 2.53. The molecule has 0 radical (unpaired) electrons. The van der Waals surface area contributed by atoms with Gasteiger partial charge in [0.25, 0.3) is 0 Å². The van der Waals surface area contributed by atoms with E-state index in [1.807, 2.05) is 0 Å². The monoisotopic (exact) mass is 326 g/mol. The first-order valence-corrected chi connectivity index (χ1v) is 7.17. The lowest BCUT2D eigenvalue weighted by Gasteiger charge is -2.11. The van der Waals surface area contributed by atoms with Crippen LogP contribution in [-0.2, 0) is 0 Å². The van der Waals surface area contributed by atoms with Crippen molar-refractivity contribution in [2.75, 3.05) is 10.5 Å². The summed E-state index contributed by atoms with van der Waals surface area (Å²) in [5, 5.41) is 8.59. The van der Waals surface area contributed by atoms with Crippen molar-refractivity contribution in [1.29, 1.82) is 5.41 Å². The Hall–Kier alpha value is -1.56. The number of hydrogen-bond acceptors (Lipinski definition) is 4. The van der Waals surface area contributed by atoms with E-state index < -0.39 is 0 Å². The largest absolute Gasteiger partial charge is 0.398 e. The molecule has 104 valence electrons. The smallest absolute Gasteiger partial charge is 0.124 e.